The summed E-state index contributed by atoms with van der Waals surface area (Å²) in [7, 11) is 2.02. The number of carbonyl (C=O) groups is 2. The molecule has 0 radical (unpaired) electrons. The van der Waals surface area contributed by atoms with E-state index in [1.807, 2.05) is 25.2 Å². The van der Waals surface area contributed by atoms with Gasteiger partial charge >= 0.3 is 11.8 Å². The van der Waals surface area contributed by atoms with Crippen molar-refractivity contribution in [3.05, 3.63) is 29.3 Å². The first-order chi connectivity index (χ1) is 11.3. The number of nitrogens with zero attached hydrogens (tertiary/aromatic N) is 2. The van der Waals surface area contributed by atoms with Crippen LogP contribution in [0.4, 0.5) is 5.69 Å². The average molecular weight is 331 g/mol. The molecule has 1 aromatic carbocycles. The van der Waals surface area contributed by atoms with E-state index in [0.29, 0.717) is 13.1 Å². The van der Waals surface area contributed by atoms with E-state index in [9.17, 15) is 9.59 Å². The summed E-state index contributed by atoms with van der Waals surface area (Å²) in [6.45, 7) is 11.2. The van der Waals surface area contributed by atoms with Crippen LogP contribution in [0.2, 0.25) is 0 Å². The summed E-state index contributed by atoms with van der Waals surface area (Å²) < 4.78 is 0. The van der Waals surface area contributed by atoms with Crippen LogP contribution >= 0.6 is 0 Å². The standard InChI is InChI=1S/C19H29N3O2/c1-13(2)15-7-6-8-16(14(3)4)17(15)20-18(23)19(24)22-11-9-21(5)10-12-22/h6-8,13-14H,9-12H2,1-5H3,(H,20,23). The lowest BCUT2D eigenvalue weighted by molar-refractivity contribution is -0.144. The minimum absolute atomic E-state index is 0.276. The van der Waals surface area contributed by atoms with E-state index in [4.69, 9.17) is 0 Å². The number of carbonyl (C=O) groups excluding carboxylic acids is 2. The van der Waals surface area contributed by atoms with Gasteiger partial charge in [-0.25, -0.2) is 0 Å². The number of hydrogen-bond donors (Lipinski definition) is 1. The summed E-state index contributed by atoms with van der Waals surface area (Å²) in [6, 6.07) is 6.06. The molecule has 0 atom stereocenters. The van der Waals surface area contributed by atoms with Gasteiger partial charge in [-0.3, -0.25) is 9.59 Å². The third-order valence-corrected chi connectivity index (χ3v) is 4.60. The van der Waals surface area contributed by atoms with Crippen molar-refractivity contribution in [2.45, 2.75) is 39.5 Å². The van der Waals surface area contributed by atoms with E-state index < -0.39 is 11.8 Å². The summed E-state index contributed by atoms with van der Waals surface area (Å²) in [5.41, 5.74) is 2.94. The minimum Gasteiger partial charge on any atom is -0.332 e. The number of nitrogens with one attached hydrogen (secondary N) is 1. The number of para-hydroxylation sites is 1. The molecule has 1 saturated heterocycles. The highest BCUT2D eigenvalue weighted by Gasteiger charge is 2.26. The summed E-state index contributed by atoms with van der Waals surface area (Å²) in [6.07, 6.45) is 0. The number of likely N-dealkylation sites (N-methyl/N-ethyl adjacent to an activating group) is 1. The van der Waals surface area contributed by atoms with Crippen LogP contribution in [0.25, 0.3) is 0 Å². The van der Waals surface area contributed by atoms with Crippen molar-refractivity contribution in [2.75, 3.05) is 38.5 Å². The van der Waals surface area contributed by atoms with Crippen molar-refractivity contribution < 1.29 is 9.59 Å². The maximum atomic E-state index is 12.5. The molecule has 1 aromatic rings. The van der Waals surface area contributed by atoms with Crippen molar-refractivity contribution in [3.63, 3.8) is 0 Å². The van der Waals surface area contributed by atoms with Crippen LogP contribution in [-0.2, 0) is 9.59 Å². The molecule has 2 rings (SSSR count). The molecule has 1 N–H and O–H groups in total. The quantitative estimate of drug-likeness (QED) is 0.866. The maximum absolute atomic E-state index is 12.5. The van der Waals surface area contributed by atoms with Crippen molar-refractivity contribution in [3.8, 4) is 0 Å². The van der Waals surface area contributed by atoms with E-state index in [1.54, 1.807) is 4.90 Å². The van der Waals surface area contributed by atoms with E-state index in [-0.39, 0.29) is 11.8 Å². The smallest absolute Gasteiger partial charge is 0.313 e. The highest BCUT2D eigenvalue weighted by molar-refractivity contribution is 6.39. The van der Waals surface area contributed by atoms with Gasteiger partial charge in [0.05, 0.1) is 0 Å². The molecule has 24 heavy (non-hydrogen) atoms. The molecule has 2 amide bonds. The number of benzene rings is 1. The lowest BCUT2D eigenvalue weighted by Gasteiger charge is -2.32. The topological polar surface area (TPSA) is 52.7 Å². The Morgan fingerprint density at radius 3 is 1.92 bits per heavy atom. The van der Waals surface area contributed by atoms with Crippen molar-refractivity contribution in [1.82, 2.24) is 9.80 Å². The molecule has 0 spiro atoms. The fraction of sp³-hybridized carbons (Fsp3) is 0.579. The number of piperazine rings is 1. The number of amides is 2. The van der Waals surface area contributed by atoms with Gasteiger partial charge in [0.15, 0.2) is 0 Å². The molecule has 0 aromatic heterocycles. The average Bonchev–Trinajstić information content (AvgIpc) is 2.54. The normalized spacial score (nSPS) is 15.9. The molecule has 5 heteroatoms. The fourth-order valence-electron chi connectivity index (χ4n) is 3.02. The van der Waals surface area contributed by atoms with Crippen LogP contribution in [0, 0.1) is 0 Å². The molecular formula is C19H29N3O2. The van der Waals surface area contributed by atoms with Crippen LogP contribution in [0.3, 0.4) is 0 Å². The third kappa shape index (κ3) is 4.15. The van der Waals surface area contributed by atoms with Gasteiger partial charge in [0.25, 0.3) is 0 Å². The Hall–Kier alpha value is -1.88. The second kappa shape index (κ2) is 7.79. The van der Waals surface area contributed by atoms with Crippen molar-refractivity contribution in [1.29, 1.82) is 0 Å². The van der Waals surface area contributed by atoms with Gasteiger partial charge in [0, 0.05) is 31.9 Å². The summed E-state index contributed by atoms with van der Waals surface area (Å²) in [5.74, 6) is -0.415. The summed E-state index contributed by atoms with van der Waals surface area (Å²) in [5, 5.41) is 2.91. The fourth-order valence-corrected chi connectivity index (χ4v) is 3.02. The van der Waals surface area contributed by atoms with E-state index in [2.05, 4.69) is 37.9 Å². The monoisotopic (exact) mass is 331 g/mol. The predicted molar refractivity (Wildman–Crippen MR) is 97.3 cm³/mol. The molecule has 5 nitrogen and oxygen atoms in total. The molecule has 1 aliphatic heterocycles. The Bertz CT molecular complexity index is 576. The van der Waals surface area contributed by atoms with Crippen LogP contribution in [-0.4, -0.2) is 54.8 Å². The predicted octanol–water partition coefficient (Wildman–Crippen LogP) is 2.65. The second-order valence-corrected chi connectivity index (χ2v) is 7.17. The molecule has 132 valence electrons. The Balaban J connectivity index is 2.20. The summed E-state index contributed by atoms with van der Waals surface area (Å²) in [4.78, 5) is 28.8. The first-order valence-electron chi connectivity index (χ1n) is 8.72. The Morgan fingerprint density at radius 1 is 0.958 bits per heavy atom. The van der Waals surface area contributed by atoms with Gasteiger partial charge in [-0.1, -0.05) is 45.9 Å². The van der Waals surface area contributed by atoms with E-state index in [0.717, 1.165) is 29.9 Å². The van der Waals surface area contributed by atoms with Crippen LogP contribution in [0.15, 0.2) is 18.2 Å². The minimum atomic E-state index is -0.533. The highest BCUT2D eigenvalue weighted by atomic mass is 16.2. The second-order valence-electron chi connectivity index (χ2n) is 7.17. The molecule has 0 saturated carbocycles. The Labute approximate surface area is 145 Å². The first-order valence-corrected chi connectivity index (χ1v) is 8.72. The van der Waals surface area contributed by atoms with Crippen LogP contribution in [0.5, 0.6) is 0 Å². The zero-order chi connectivity index (χ0) is 17.9. The molecule has 0 aliphatic carbocycles. The van der Waals surface area contributed by atoms with Crippen LogP contribution < -0.4 is 5.32 Å². The largest absolute Gasteiger partial charge is 0.332 e. The number of hydrogen-bond acceptors (Lipinski definition) is 3. The van der Waals surface area contributed by atoms with Gasteiger partial charge in [0.2, 0.25) is 0 Å². The highest BCUT2D eigenvalue weighted by Crippen LogP contribution is 2.32. The van der Waals surface area contributed by atoms with Gasteiger partial charge in [-0.05, 0) is 30.0 Å². The zero-order valence-corrected chi connectivity index (χ0v) is 15.4. The Morgan fingerprint density at radius 2 is 1.46 bits per heavy atom. The maximum Gasteiger partial charge on any atom is 0.313 e. The molecule has 1 heterocycles. The number of anilines is 1. The van der Waals surface area contributed by atoms with Gasteiger partial charge in [-0.15, -0.1) is 0 Å². The first kappa shape index (κ1) is 18.5. The van der Waals surface area contributed by atoms with Crippen LogP contribution in [0.1, 0.15) is 50.7 Å². The summed E-state index contributed by atoms with van der Waals surface area (Å²) >= 11 is 0. The number of rotatable bonds is 3. The molecule has 1 aliphatic rings. The van der Waals surface area contributed by atoms with Gasteiger partial charge in [-0.2, -0.15) is 0 Å². The third-order valence-electron chi connectivity index (χ3n) is 4.60. The van der Waals surface area contributed by atoms with Crippen molar-refractivity contribution >= 4 is 17.5 Å². The lowest BCUT2D eigenvalue weighted by Crippen LogP contribution is -2.50. The van der Waals surface area contributed by atoms with E-state index >= 15 is 0 Å². The van der Waals surface area contributed by atoms with Gasteiger partial charge in [0.1, 0.15) is 0 Å². The lowest BCUT2D eigenvalue weighted by atomic mass is 9.92. The zero-order valence-electron chi connectivity index (χ0n) is 15.4. The molecular weight excluding hydrogens is 302 g/mol. The van der Waals surface area contributed by atoms with Crippen molar-refractivity contribution in [2.24, 2.45) is 0 Å². The molecule has 0 bridgehead atoms. The van der Waals surface area contributed by atoms with Gasteiger partial charge < -0.3 is 15.1 Å². The SMILES string of the molecule is CC(C)c1cccc(C(C)C)c1NC(=O)C(=O)N1CCN(C)CC1. The Kier molecular flexibility index (Phi) is 5.99. The molecule has 0 unspecified atom stereocenters. The van der Waals surface area contributed by atoms with E-state index in [1.165, 1.54) is 0 Å². The molecule has 1 fully saturated rings.